The Morgan fingerprint density at radius 2 is 1.94 bits per heavy atom. The zero-order valence-corrected chi connectivity index (χ0v) is 17.6. The van der Waals surface area contributed by atoms with Crippen LogP contribution < -0.4 is 0 Å². The smallest absolute Gasteiger partial charge is 0.331 e. The normalized spacial score (nSPS) is 23.8. The van der Waals surface area contributed by atoms with E-state index in [4.69, 9.17) is 14.2 Å². The molecule has 1 saturated carbocycles. The summed E-state index contributed by atoms with van der Waals surface area (Å²) in [5.74, 6) is -3.55. The molecule has 1 aliphatic carbocycles. The Kier molecular flexibility index (Phi) is 6.97. The van der Waals surface area contributed by atoms with E-state index in [1.807, 2.05) is 0 Å². The molecule has 0 saturated heterocycles. The van der Waals surface area contributed by atoms with Crippen molar-refractivity contribution in [1.29, 1.82) is 0 Å². The van der Waals surface area contributed by atoms with Crippen molar-refractivity contribution in [1.82, 2.24) is 0 Å². The van der Waals surface area contributed by atoms with Gasteiger partial charge in [-0.3, -0.25) is 9.59 Å². The zero-order valence-electron chi connectivity index (χ0n) is 17.6. The van der Waals surface area contributed by atoms with Gasteiger partial charge < -0.3 is 24.4 Å². The van der Waals surface area contributed by atoms with Crippen LogP contribution in [0.3, 0.4) is 0 Å². The molecule has 2 N–H and O–H groups in total. The van der Waals surface area contributed by atoms with Crippen LogP contribution in [0.5, 0.6) is 11.5 Å². The fraction of sp³-hybridized carbons (Fsp3) is 0.391. The van der Waals surface area contributed by atoms with Gasteiger partial charge in [0, 0.05) is 37.3 Å². The Balaban J connectivity index is 1.57. The van der Waals surface area contributed by atoms with E-state index < -0.39 is 42.1 Å². The number of ketones is 1. The van der Waals surface area contributed by atoms with Crippen LogP contribution in [0.2, 0.25) is 0 Å². The van der Waals surface area contributed by atoms with Crippen LogP contribution in [0, 0.1) is 11.8 Å². The standard InChI is InChI=1S/C23H24O9/c1-12(30-21(28)9-7-14-6-8-17(25)18(26)10-14)22(29)15-11-16(15)23(31-13(2)24)19-4-3-5-20(27)32-19/h3,5-10,12,15-16,19,23,25-26H,4,11H2,1-2H3/b9-7+. The Hall–Kier alpha value is -3.62. The highest BCUT2D eigenvalue weighted by Gasteiger charge is 2.53. The number of benzene rings is 1. The van der Waals surface area contributed by atoms with Crippen molar-refractivity contribution in [3.8, 4) is 11.5 Å². The van der Waals surface area contributed by atoms with Crippen LogP contribution >= 0.6 is 0 Å². The van der Waals surface area contributed by atoms with Crippen molar-refractivity contribution >= 4 is 29.8 Å². The van der Waals surface area contributed by atoms with Crippen LogP contribution in [0.4, 0.5) is 0 Å². The molecular weight excluding hydrogens is 420 g/mol. The first-order valence-corrected chi connectivity index (χ1v) is 10.1. The molecule has 9 nitrogen and oxygen atoms in total. The molecule has 5 unspecified atom stereocenters. The Bertz CT molecular complexity index is 978. The number of carbonyl (C=O) groups is 4. The maximum atomic E-state index is 12.7. The van der Waals surface area contributed by atoms with E-state index in [9.17, 15) is 29.4 Å². The molecular formula is C23H24O9. The number of hydrogen-bond donors (Lipinski definition) is 2. The number of carbonyl (C=O) groups excluding carboxylic acids is 4. The summed E-state index contributed by atoms with van der Waals surface area (Å²) in [6, 6.07) is 4.04. The van der Waals surface area contributed by atoms with Gasteiger partial charge in [-0.05, 0) is 37.1 Å². The zero-order chi connectivity index (χ0) is 23.4. The molecule has 0 spiro atoms. The molecule has 0 amide bonds. The Morgan fingerprint density at radius 1 is 1.19 bits per heavy atom. The van der Waals surface area contributed by atoms with Gasteiger partial charge >= 0.3 is 17.9 Å². The summed E-state index contributed by atoms with van der Waals surface area (Å²) in [4.78, 5) is 47.9. The van der Waals surface area contributed by atoms with Crippen molar-refractivity contribution < 1.29 is 43.6 Å². The molecule has 0 bridgehead atoms. The third-order valence-electron chi connectivity index (χ3n) is 5.29. The van der Waals surface area contributed by atoms with Gasteiger partial charge in [0.25, 0.3) is 0 Å². The first kappa shape index (κ1) is 23.1. The van der Waals surface area contributed by atoms with E-state index in [2.05, 4.69) is 0 Å². The minimum Gasteiger partial charge on any atom is -0.504 e. The second-order valence-electron chi connectivity index (χ2n) is 7.76. The highest BCUT2D eigenvalue weighted by molar-refractivity contribution is 5.93. The molecule has 5 atom stereocenters. The van der Waals surface area contributed by atoms with Gasteiger partial charge in [0.2, 0.25) is 0 Å². The van der Waals surface area contributed by atoms with E-state index in [0.29, 0.717) is 18.4 Å². The average molecular weight is 444 g/mol. The van der Waals surface area contributed by atoms with Gasteiger partial charge in [-0.1, -0.05) is 12.1 Å². The minimum atomic E-state index is -1.03. The van der Waals surface area contributed by atoms with Crippen LogP contribution in [-0.4, -0.2) is 52.2 Å². The number of aromatic hydroxyl groups is 2. The maximum Gasteiger partial charge on any atom is 0.331 e. The van der Waals surface area contributed by atoms with Gasteiger partial charge in [0.05, 0.1) is 0 Å². The molecule has 0 radical (unpaired) electrons. The number of Topliss-reactive ketones (excluding diaryl/α,β-unsaturated/α-hetero) is 1. The van der Waals surface area contributed by atoms with Crippen molar-refractivity contribution in [2.24, 2.45) is 11.8 Å². The summed E-state index contributed by atoms with van der Waals surface area (Å²) in [7, 11) is 0. The topological polar surface area (TPSA) is 136 Å². The largest absolute Gasteiger partial charge is 0.504 e. The van der Waals surface area contributed by atoms with E-state index in [0.717, 1.165) is 6.08 Å². The molecule has 170 valence electrons. The van der Waals surface area contributed by atoms with E-state index >= 15 is 0 Å². The third kappa shape index (κ3) is 5.75. The number of phenolic OH excluding ortho intramolecular Hbond substituents is 2. The molecule has 1 aliphatic heterocycles. The molecule has 0 aromatic heterocycles. The lowest BCUT2D eigenvalue weighted by Gasteiger charge is -2.27. The van der Waals surface area contributed by atoms with Crippen molar-refractivity contribution in [2.45, 2.75) is 45.0 Å². The first-order valence-electron chi connectivity index (χ1n) is 10.1. The number of esters is 3. The van der Waals surface area contributed by atoms with Gasteiger partial charge in [-0.2, -0.15) is 0 Å². The van der Waals surface area contributed by atoms with Crippen LogP contribution in [0.15, 0.2) is 36.4 Å². The van der Waals surface area contributed by atoms with Crippen molar-refractivity contribution in [2.75, 3.05) is 0 Å². The fourth-order valence-electron chi connectivity index (χ4n) is 3.65. The highest BCUT2D eigenvalue weighted by atomic mass is 16.6. The van der Waals surface area contributed by atoms with E-state index in [1.54, 1.807) is 6.08 Å². The summed E-state index contributed by atoms with van der Waals surface area (Å²) in [5.41, 5.74) is 0.457. The second kappa shape index (κ2) is 9.67. The van der Waals surface area contributed by atoms with Gasteiger partial charge in [0.15, 0.2) is 23.4 Å². The predicted molar refractivity (Wildman–Crippen MR) is 110 cm³/mol. The summed E-state index contributed by atoms with van der Waals surface area (Å²) in [5, 5.41) is 18.8. The van der Waals surface area contributed by atoms with Gasteiger partial charge in [0.1, 0.15) is 12.2 Å². The lowest BCUT2D eigenvalue weighted by atomic mass is 10.0. The SMILES string of the molecule is CC(=O)OC(C1CC=CC(=O)O1)C1CC1C(=O)C(C)OC(=O)/C=C/c1ccc(O)c(O)c1. The quantitative estimate of drug-likeness (QED) is 0.267. The molecule has 32 heavy (non-hydrogen) atoms. The lowest BCUT2D eigenvalue weighted by molar-refractivity contribution is -0.167. The first-order chi connectivity index (χ1) is 15.2. The molecule has 2 aliphatic rings. The molecule has 1 aromatic carbocycles. The van der Waals surface area contributed by atoms with Crippen LogP contribution in [0.1, 0.15) is 32.3 Å². The summed E-state index contributed by atoms with van der Waals surface area (Å²) < 4.78 is 15.8. The molecule has 1 heterocycles. The molecule has 1 fully saturated rings. The second-order valence-corrected chi connectivity index (χ2v) is 7.76. The maximum absolute atomic E-state index is 12.7. The van der Waals surface area contributed by atoms with E-state index in [-0.39, 0.29) is 23.2 Å². The molecule has 9 heteroatoms. The summed E-state index contributed by atoms with van der Waals surface area (Å²) in [6.07, 6.45) is 3.78. The van der Waals surface area contributed by atoms with Gasteiger partial charge in [-0.25, -0.2) is 9.59 Å². The number of phenols is 2. The molecule has 1 aromatic rings. The summed E-state index contributed by atoms with van der Waals surface area (Å²) >= 11 is 0. The molecule has 3 rings (SSSR count). The van der Waals surface area contributed by atoms with Crippen LogP contribution in [-0.2, 0) is 33.4 Å². The Morgan fingerprint density at radius 3 is 2.59 bits per heavy atom. The number of hydrogen-bond acceptors (Lipinski definition) is 9. The van der Waals surface area contributed by atoms with Crippen LogP contribution in [0.25, 0.3) is 6.08 Å². The van der Waals surface area contributed by atoms with Crippen molar-refractivity contribution in [3.63, 3.8) is 0 Å². The minimum absolute atomic E-state index is 0.283. The average Bonchev–Trinajstić information content (AvgIpc) is 3.52. The highest BCUT2D eigenvalue weighted by Crippen LogP contribution is 2.46. The fourth-order valence-corrected chi connectivity index (χ4v) is 3.65. The third-order valence-corrected chi connectivity index (χ3v) is 5.29. The monoisotopic (exact) mass is 444 g/mol. The number of cyclic esters (lactones) is 1. The van der Waals surface area contributed by atoms with Gasteiger partial charge in [-0.15, -0.1) is 0 Å². The summed E-state index contributed by atoms with van der Waals surface area (Å²) in [6.45, 7) is 2.71. The Labute approximate surface area is 184 Å². The van der Waals surface area contributed by atoms with E-state index in [1.165, 1.54) is 44.2 Å². The number of ether oxygens (including phenoxy) is 3. The lowest BCUT2D eigenvalue weighted by Crippen LogP contribution is -2.38. The van der Waals surface area contributed by atoms with Crippen molar-refractivity contribution in [3.05, 3.63) is 42.0 Å². The number of rotatable bonds is 8. The predicted octanol–water partition coefficient (Wildman–Crippen LogP) is 2.05.